The molecule has 15 heavy (non-hydrogen) atoms. The topological polar surface area (TPSA) is 90.1 Å². The van der Waals surface area contributed by atoms with Gasteiger partial charge in [0.1, 0.15) is 0 Å². The van der Waals surface area contributed by atoms with Crippen LogP contribution in [0.5, 0.6) is 0 Å². The molecule has 0 bridgehead atoms. The minimum Gasteiger partial charge on any atom is -0.379 e. The second kappa shape index (κ2) is 4.33. The van der Waals surface area contributed by atoms with Crippen LogP contribution in [0.1, 0.15) is 0 Å². The summed E-state index contributed by atoms with van der Waals surface area (Å²) >= 11 is 0. The van der Waals surface area contributed by atoms with E-state index < -0.39 is 0 Å². The number of rotatable bonds is 2. The molecule has 2 atom stereocenters. The predicted octanol–water partition coefficient (Wildman–Crippen LogP) is -0.611. The highest BCUT2D eigenvalue weighted by atomic mass is 16.5. The molecule has 1 amide bonds. The van der Waals surface area contributed by atoms with Crippen LogP contribution in [-0.4, -0.2) is 35.4 Å². The fourth-order valence-electron chi connectivity index (χ4n) is 1.43. The smallest absolute Gasteiger partial charge is 0.232 e. The lowest BCUT2D eigenvalue weighted by molar-refractivity contribution is -0.120. The lowest BCUT2D eigenvalue weighted by atomic mass is 10.0. The third-order valence-electron chi connectivity index (χ3n) is 2.28. The monoisotopic (exact) mass is 208 g/mol. The molecule has 0 aromatic carbocycles. The van der Waals surface area contributed by atoms with Crippen LogP contribution >= 0.6 is 0 Å². The van der Waals surface area contributed by atoms with Crippen molar-refractivity contribution in [2.45, 2.75) is 6.04 Å². The lowest BCUT2D eigenvalue weighted by Crippen LogP contribution is -2.37. The van der Waals surface area contributed by atoms with Gasteiger partial charge in [0.2, 0.25) is 5.91 Å². The van der Waals surface area contributed by atoms with Crippen molar-refractivity contribution in [1.82, 2.24) is 10.2 Å². The van der Waals surface area contributed by atoms with Gasteiger partial charge in [-0.05, 0) is 12.1 Å². The zero-order valence-corrected chi connectivity index (χ0v) is 8.09. The van der Waals surface area contributed by atoms with E-state index in [1.54, 1.807) is 18.3 Å². The van der Waals surface area contributed by atoms with Gasteiger partial charge in [0.05, 0.1) is 19.1 Å². The van der Waals surface area contributed by atoms with Gasteiger partial charge < -0.3 is 15.8 Å². The Morgan fingerprint density at radius 3 is 3.07 bits per heavy atom. The van der Waals surface area contributed by atoms with E-state index in [0.29, 0.717) is 19.0 Å². The fraction of sp³-hybridized carbons (Fsp3) is 0.444. The van der Waals surface area contributed by atoms with Gasteiger partial charge in [0.25, 0.3) is 0 Å². The number of ether oxygens (including phenoxy) is 1. The van der Waals surface area contributed by atoms with Crippen molar-refractivity contribution < 1.29 is 9.53 Å². The Kier molecular flexibility index (Phi) is 2.89. The number of anilines is 1. The van der Waals surface area contributed by atoms with Crippen molar-refractivity contribution in [3.63, 3.8) is 0 Å². The molecule has 1 aromatic heterocycles. The van der Waals surface area contributed by atoms with Crippen LogP contribution in [0.15, 0.2) is 18.3 Å². The van der Waals surface area contributed by atoms with E-state index in [-0.39, 0.29) is 17.9 Å². The lowest BCUT2D eigenvalue weighted by Gasteiger charge is -2.12. The third kappa shape index (κ3) is 2.28. The highest BCUT2D eigenvalue weighted by molar-refractivity contribution is 5.92. The first kappa shape index (κ1) is 10.0. The average molecular weight is 208 g/mol. The maximum atomic E-state index is 11.7. The van der Waals surface area contributed by atoms with Gasteiger partial charge in [-0.3, -0.25) is 4.79 Å². The number of nitrogens with two attached hydrogens (primary N) is 1. The number of hydrogen-bond acceptors (Lipinski definition) is 5. The minimum atomic E-state index is -0.299. The third-order valence-corrected chi connectivity index (χ3v) is 2.28. The molecule has 2 unspecified atom stereocenters. The Balaban J connectivity index is 1.98. The van der Waals surface area contributed by atoms with Crippen LogP contribution in [0.3, 0.4) is 0 Å². The summed E-state index contributed by atoms with van der Waals surface area (Å²) in [5, 5.41) is 10.0. The molecular weight excluding hydrogens is 196 g/mol. The van der Waals surface area contributed by atoms with E-state index in [0.717, 1.165) is 0 Å². The summed E-state index contributed by atoms with van der Waals surface area (Å²) in [5.41, 5.74) is 5.71. The zero-order valence-electron chi connectivity index (χ0n) is 8.09. The number of nitrogens with zero attached hydrogens (tertiary/aromatic N) is 2. The van der Waals surface area contributed by atoms with Gasteiger partial charge in [0, 0.05) is 12.2 Å². The number of aromatic nitrogens is 2. The van der Waals surface area contributed by atoms with Crippen LogP contribution in [0.4, 0.5) is 5.82 Å². The molecule has 1 aromatic rings. The first-order valence-electron chi connectivity index (χ1n) is 4.69. The Morgan fingerprint density at radius 2 is 2.47 bits per heavy atom. The van der Waals surface area contributed by atoms with Gasteiger partial charge in [-0.1, -0.05) is 0 Å². The molecule has 3 N–H and O–H groups in total. The van der Waals surface area contributed by atoms with Gasteiger partial charge in [0.15, 0.2) is 5.82 Å². The summed E-state index contributed by atoms with van der Waals surface area (Å²) in [6, 6.07) is 3.14. The number of hydrogen-bond donors (Lipinski definition) is 2. The second-order valence-corrected chi connectivity index (χ2v) is 3.41. The van der Waals surface area contributed by atoms with Crippen LogP contribution in [0, 0.1) is 5.92 Å². The predicted molar refractivity (Wildman–Crippen MR) is 52.9 cm³/mol. The van der Waals surface area contributed by atoms with Gasteiger partial charge in [-0.2, -0.15) is 5.10 Å². The largest absolute Gasteiger partial charge is 0.379 e. The van der Waals surface area contributed by atoms with Crippen molar-refractivity contribution in [2.75, 3.05) is 18.5 Å². The highest BCUT2D eigenvalue weighted by Gasteiger charge is 2.31. The Morgan fingerprint density at radius 1 is 1.60 bits per heavy atom. The van der Waals surface area contributed by atoms with Crippen LogP contribution in [0.25, 0.3) is 0 Å². The van der Waals surface area contributed by atoms with Crippen molar-refractivity contribution in [1.29, 1.82) is 0 Å². The van der Waals surface area contributed by atoms with Crippen LogP contribution < -0.4 is 11.1 Å². The minimum absolute atomic E-state index is 0.166. The summed E-state index contributed by atoms with van der Waals surface area (Å²) in [4.78, 5) is 11.7. The molecule has 2 heterocycles. The van der Waals surface area contributed by atoms with Crippen molar-refractivity contribution >= 4 is 11.7 Å². The molecule has 6 nitrogen and oxygen atoms in total. The van der Waals surface area contributed by atoms with E-state index in [2.05, 4.69) is 15.5 Å². The molecule has 1 aliphatic heterocycles. The average Bonchev–Trinajstić information content (AvgIpc) is 2.66. The van der Waals surface area contributed by atoms with Crippen LogP contribution in [0.2, 0.25) is 0 Å². The van der Waals surface area contributed by atoms with E-state index >= 15 is 0 Å². The van der Waals surface area contributed by atoms with Crippen molar-refractivity contribution in [3.05, 3.63) is 18.3 Å². The first-order chi connectivity index (χ1) is 7.27. The number of nitrogens with one attached hydrogen (secondary N) is 1. The molecule has 1 saturated heterocycles. The second-order valence-electron chi connectivity index (χ2n) is 3.41. The number of carbonyl (C=O) groups is 1. The summed E-state index contributed by atoms with van der Waals surface area (Å²) in [5.74, 6) is -0.0332. The molecule has 1 fully saturated rings. The molecule has 0 saturated carbocycles. The van der Waals surface area contributed by atoms with E-state index in [4.69, 9.17) is 10.5 Å². The van der Waals surface area contributed by atoms with E-state index in [1.165, 1.54) is 0 Å². The summed E-state index contributed by atoms with van der Waals surface area (Å²) in [6.07, 6.45) is 1.54. The molecule has 1 aliphatic rings. The van der Waals surface area contributed by atoms with E-state index in [1.807, 2.05) is 0 Å². The maximum absolute atomic E-state index is 11.7. The van der Waals surface area contributed by atoms with Crippen molar-refractivity contribution in [3.8, 4) is 0 Å². The first-order valence-corrected chi connectivity index (χ1v) is 4.69. The molecule has 6 heteroatoms. The normalized spacial score (nSPS) is 25.1. The van der Waals surface area contributed by atoms with Crippen molar-refractivity contribution in [2.24, 2.45) is 11.7 Å². The SMILES string of the molecule is NC1COCC1C(=O)Nc1cccnn1. The Labute approximate surface area is 86.8 Å². The fourth-order valence-corrected chi connectivity index (χ4v) is 1.43. The van der Waals surface area contributed by atoms with Gasteiger partial charge in [-0.25, -0.2) is 0 Å². The molecule has 0 radical (unpaired) electrons. The summed E-state index contributed by atoms with van der Waals surface area (Å²) in [7, 11) is 0. The van der Waals surface area contributed by atoms with Gasteiger partial charge in [-0.15, -0.1) is 5.10 Å². The molecule has 0 spiro atoms. The maximum Gasteiger partial charge on any atom is 0.232 e. The standard InChI is InChI=1S/C9H12N4O2/c10-7-5-15-4-6(7)9(14)12-8-2-1-3-11-13-8/h1-3,6-7H,4-5,10H2,(H,12,13,14). The van der Waals surface area contributed by atoms with Gasteiger partial charge >= 0.3 is 0 Å². The summed E-state index contributed by atoms with van der Waals surface area (Å²) < 4.78 is 5.11. The summed E-state index contributed by atoms with van der Waals surface area (Å²) in [6.45, 7) is 0.797. The number of amides is 1. The Bertz CT molecular complexity index is 343. The molecular formula is C9H12N4O2. The van der Waals surface area contributed by atoms with E-state index in [9.17, 15) is 4.79 Å². The zero-order chi connectivity index (χ0) is 10.7. The van der Waals surface area contributed by atoms with Crippen LogP contribution in [-0.2, 0) is 9.53 Å². The molecule has 2 rings (SSSR count). The highest BCUT2D eigenvalue weighted by Crippen LogP contribution is 2.13. The Hall–Kier alpha value is -1.53. The molecule has 80 valence electrons. The quantitative estimate of drug-likeness (QED) is 0.676. The number of carbonyl (C=O) groups excluding carboxylic acids is 1. The molecule has 0 aliphatic carbocycles.